The Kier molecular flexibility index (Phi) is 4.04. The number of ether oxygens (including phenoxy) is 2. The molecular weight excluding hydrogens is 238 g/mol. The van der Waals surface area contributed by atoms with Crippen LogP contribution in [0.15, 0.2) is 12.1 Å². The molecule has 1 N–H and O–H groups in total. The molecule has 1 aromatic rings. The summed E-state index contributed by atoms with van der Waals surface area (Å²) in [6, 6.07) is 4.72. The van der Waals surface area contributed by atoms with Crippen LogP contribution >= 0.6 is 0 Å². The average Bonchev–Trinajstić information content (AvgIpc) is 2.62. The van der Waals surface area contributed by atoms with Gasteiger partial charge in [-0.2, -0.15) is 0 Å². The quantitative estimate of drug-likeness (QED) is 0.883. The lowest BCUT2D eigenvalue weighted by molar-refractivity contribution is 0.287. The van der Waals surface area contributed by atoms with Crippen LogP contribution in [-0.2, 0) is 5.41 Å². The molecule has 19 heavy (non-hydrogen) atoms. The standard InChI is InChI=1S/C16H25NO2/c1-6-18-14-8-11-12(9-15(14)19-7-2)16(3,4)10-13(11)17-5/h8-9,13,17H,6-7,10H2,1-5H3. The highest BCUT2D eigenvalue weighted by Crippen LogP contribution is 2.48. The van der Waals surface area contributed by atoms with E-state index in [0.29, 0.717) is 19.3 Å². The topological polar surface area (TPSA) is 30.5 Å². The molecule has 0 fully saturated rings. The summed E-state index contributed by atoms with van der Waals surface area (Å²) in [5, 5.41) is 3.40. The minimum absolute atomic E-state index is 0.180. The molecule has 1 aromatic carbocycles. The first-order valence-electron chi connectivity index (χ1n) is 7.14. The lowest BCUT2D eigenvalue weighted by Gasteiger charge is -2.20. The van der Waals surface area contributed by atoms with Crippen LogP contribution in [0.4, 0.5) is 0 Å². The zero-order valence-corrected chi connectivity index (χ0v) is 12.7. The summed E-state index contributed by atoms with van der Waals surface area (Å²) in [6.07, 6.45) is 1.11. The molecule has 0 aliphatic heterocycles. The summed E-state index contributed by atoms with van der Waals surface area (Å²) >= 11 is 0. The maximum atomic E-state index is 5.73. The summed E-state index contributed by atoms with van der Waals surface area (Å²) in [7, 11) is 2.02. The molecule has 1 unspecified atom stereocenters. The number of rotatable bonds is 5. The Morgan fingerprint density at radius 2 is 1.74 bits per heavy atom. The summed E-state index contributed by atoms with van der Waals surface area (Å²) in [4.78, 5) is 0. The Labute approximate surface area is 116 Å². The molecule has 0 bridgehead atoms. The van der Waals surface area contributed by atoms with E-state index >= 15 is 0 Å². The first-order valence-corrected chi connectivity index (χ1v) is 7.14. The Bertz CT molecular complexity index is 454. The molecule has 2 rings (SSSR count). The largest absolute Gasteiger partial charge is 0.490 e. The van der Waals surface area contributed by atoms with Gasteiger partial charge in [0.25, 0.3) is 0 Å². The molecule has 0 heterocycles. The van der Waals surface area contributed by atoms with Crippen molar-refractivity contribution in [2.75, 3.05) is 20.3 Å². The van der Waals surface area contributed by atoms with Crippen LogP contribution in [0.5, 0.6) is 11.5 Å². The maximum Gasteiger partial charge on any atom is 0.161 e. The van der Waals surface area contributed by atoms with Crippen molar-refractivity contribution in [2.24, 2.45) is 0 Å². The van der Waals surface area contributed by atoms with Gasteiger partial charge in [0, 0.05) is 6.04 Å². The molecule has 0 saturated carbocycles. The van der Waals surface area contributed by atoms with E-state index in [1.165, 1.54) is 11.1 Å². The Morgan fingerprint density at radius 3 is 2.26 bits per heavy atom. The van der Waals surface area contributed by atoms with Crippen molar-refractivity contribution in [2.45, 2.75) is 45.6 Å². The van der Waals surface area contributed by atoms with Gasteiger partial charge < -0.3 is 14.8 Å². The maximum absolute atomic E-state index is 5.73. The molecule has 0 spiro atoms. The first-order chi connectivity index (χ1) is 9.03. The number of hydrogen-bond donors (Lipinski definition) is 1. The molecule has 0 aromatic heterocycles. The lowest BCUT2D eigenvalue weighted by atomic mass is 9.86. The van der Waals surface area contributed by atoms with Gasteiger partial charge in [0.05, 0.1) is 13.2 Å². The van der Waals surface area contributed by atoms with Crippen LogP contribution in [0.2, 0.25) is 0 Å². The average molecular weight is 263 g/mol. The van der Waals surface area contributed by atoms with Crippen molar-refractivity contribution in [3.8, 4) is 11.5 Å². The van der Waals surface area contributed by atoms with Crippen molar-refractivity contribution in [1.29, 1.82) is 0 Å². The molecule has 0 radical (unpaired) electrons. The van der Waals surface area contributed by atoms with Gasteiger partial charge in [-0.05, 0) is 56.0 Å². The monoisotopic (exact) mass is 263 g/mol. The molecule has 106 valence electrons. The predicted octanol–water partition coefficient (Wildman–Crippen LogP) is 3.43. The van der Waals surface area contributed by atoms with Crippen LogP contribution in [0.3, 0.4) is 0 Å². The molecule has 0 saturated heterocycles. The van der Waals surface area contributed by atoms with Crippen molar-refractivity contribution in [3.63, 3.8) is 0 Å². The van der Waals surface area contributed by atoms with E-state index in [0.717, 1.165) is 17.9 Å². The van der Waals surface area contributed by atoms with Gasteiger partial charge in [0.2, 0.25) is 0 Å². The third-order valence-corrected chi connectivity index (χ3v) is 3.88. The van der Waals surface area contributed by atoms with Gasteiger partial charge in [-0.1, -0.05) is 13.8 Å². The highest BCUT2D eigenvalue weighted by Gasteiger charge is 2.37. The fraction of sp³-hybridized carbons (Fsp3) is 0.625. The second kappa shape index (κ2) is 5.41. The SMILES string of the molecule is CCOc1cc2c(cc1OCC)C(C)(C)CC2NC. The summed E-state index contributed by atoms with van der Waals surface area (Å²) in [5.74, 6) is 1.73. The van der Waals surface area contributed by atoms with Gasteiger partial charge in [0.1, 0.15) is 0 Å². The second-order valence-electron chi connectivity index (χ2n) is 5.68. The fourth-order valence-electron chi connectivity index (χ4n) is 2.97. The first kappa shape index (κ1) is 14.2. The van der Waals surface area contributed by atoms with E-state index < -0.39 is 0 Å². The summed E-state index contributed by atoms with van der Waals surface area (Å²) in [5.41, 5.74) is 2.90. The Morgan fingerprint density at radius 1 is 1.16 bits per heavy atom. The van der Waals surface area contributed by atoms with E-state index in [9.17, 15) is 0 Å². The molecule has 3 nitrogen and oxygen atoms in total. The minimum atomic E-state index is 0.180. The van der Waals surface area contributed by atoms with Crippen LogP contribution in [0.25, 0.3) is 0 Å². The smallest absolute Gasteiger partial charge is 0.161 e. The van der Waals surface area contributed by atoms with Crippen LogP contribution < -0.4 is 14.8 Å². The zero-order valence-electron chi connectivity index (χ0n) is 12.7. The molecule has 0 amide bonds. The molecular formula is C16H25NO2. The van der Waals surface area contributed by atoms with Gasteiger partial charge >= 0.3 is 0 Å². The molecule has 1 aliphatic carbocycles. The van der Waals surface area contributed by atoms with E-state index in [1.807, 2.05) is 20.9 Å². The van der Waals surface area contributed by atoms with Gasteiger partial charge in [0.15, 0.2) is 11.5 Å². The molecule has 1 aliphatic rings. The third-order valence-electron chi connectivity index (χ3n) is 3.88. The normalized spacial score (nSPS) is 20.2. The third kappa shape index (κ3) is 2.57. The lowest BCUT2D eigenvalue weighted by Crippen LogP contribution is -2.17. The number of benzene rings is 1. The van der Waals surface area contributed by atoms with E-state index in [1.54, 1.807) is 0 Å². The summed E-state index contributed by atoms with van der Waals surface area (Å²) < 4.78 is 11.5. The highest BCUT2D eigenvalue weighted by molar-refractivity contribution is 5.53. The van der Waals surface area contributed by atoms with Crippen molar-refractivity contribution in [3.05, 3.63) is 23.3 Å². The summed E-state index contributed by atoms with van der Waals surface area (Å²) in [6.45, 7) is 9.91. The van der Waals surface area contributed by atoms with Gasteiger partial charge in [-0.15, -0.1) is 0 Å². The van der Waals surface area contributed by atoms with Crippen LogP contribution in [0, 0.1) is 0 Å². The second-order valence-corrected chi connectivity index (χ2v) is 5.68. The zero-order chi connectivity index (χ0) is 14.0. The Balaban J connectivity index is 2.50. The van der Waals surface area contributed by atoms with Crippen molar-refractivity contribution >= 4 is 0 Å². The number of nitrogens with one attached hydrogen (secondary N) is 1. The van der Waals surface area contributed by atoms with E-state index in [4.69, 9.17) is 9.47 Å². The molecule has 3 heteroatoms. The van der Waals surface area contributed by atoms with Crippen LogP contribution in [0.1, 0.15) is 51.3 Å². The predicted molar refractivity (Wildman–Crippen MR) is 78.2 cm³/mol. The van der Waals surface area contributed by atoms with Crippen molar-refractivity contribution < 1.29 is 9.47 Å². The van der Waals surface area contributed by atoms with Crippen molar-refractivity contribution in [1.82, 2.24) is 5.32 Å². The van der Waals surface area contributed by atoms with Crippen LogP contribution in [-0.4, -0.2) is 20.3 Å². The van der Waals surface area contributed by atoms with Gasteiger partial charge in [-0.3, -0.25) is 0 Å². The van der Waals surface area contributed by atoms with E-state index in [-0.39, 0.29) is 5.41 Å². The van der Waals surface area contributed by atoms with Gasteiger partial charge in [-0.25, -0.2) is 0 Å². The number of fused-ring (bicyclic) bond motifs is 1. The minimum Gasteiger partial charge on any atom is -0.490 e. The van der Waals surface area contributed by atoms with E-state index in [2.05, 4.69) is 31.3 Å². The Hall–Kier alpha value is -1.22. The fourth-order valence-corrected chi connectivity index (χ4v) is 2.97. The highest BCUT2D eigenvalue weighted by atomic mass is 16.5. The molecule has 1 atom stereocenters. The number of hydrogen-bond acceptors (Lipinski definition) is 3.